The van der Waals surface area contributed by atoms with Gasteiger partial charge in [0.2, 0.25) is 0 Å². The largest absolute Gasteiger partial charge is 0.377 e. The second kappa shape index (κ2) is 4.98. The zero-order valence-electron chi connectivity index (χ0n) is 10.2. The van der Waals surface area contributed by atoms with Crippen molar-refractivity contribution in [3.05, 3.63) is 35.9 Å². The molecule has 1 saturated heterocycles. The Kier molecular flexibility index (Phi) is 3.62. The maximum atomic E-state index is 5.61. The van der Waals surface area contributed by atoms with Gasteiger partial charge in [-0.25, -0.2) is 0 Å². The summed E-state index contributed by atoms with van der Waals surface area (Å²) in [4.78, 5) is 0. The highest BCUT2D eigenvalue weighted by Gasteiger charge is 2.35. The second-order valence-corrected chi connectivity index (χ2v) is 4.84. The minimum atomic E-state index is 0.161. The van der Waals surface area contributed by atoms with Crippen LogP contribution in [0.4, 0.5) is 0 Å². The average Bonchev–Trinajstić information content (AvgIpc) is 2.61. The monoisotopic (exact) mass is 219 g/mol. The fourth-order valence-electron chi connectivity index (χ4n) is 2.20. The van der Waals surface area contributed by atoms with Crippen LogP contribution in [0, 0.1) is 0 Å². The standard InChI is InChI=1S/C14H21NO/c1-12-14(2,9-11-16-12)15-10-8-13-6-4-3-5-7-13/h3-7,12,15H,8-11H2,1-2H3/t12-,14+/m1/s1. The van der Waals surface area contributed by atoms with Crippen LogP contribution in [0.15, 0.2) is 30.3 Å². The van der Waals surface area contributed by atoms with Crippen molar-refractivity contribution >= 4 is 0 Å². The molecule has 0 radical (unpaired) electrons. The number of ether oxygens (including phenoxy) is 1. The highest BCUT2D eigenvalue weighted by atomic mass is 16.5. The molecule has 2 heteroatoms. The number of nitrogens with one attached hydrogen (secondary N) is 1. The van der Waals surface area contributed by atoms with E-state index in [1.165, 1.54) is 5.56 Å². The van der Waals surface area contributed by atoms with Crippen LogP contribution in [-0.4, -0.2) is 24.8 Å². The maximum Gasteiger partial charge on any atom is 0.0726 e. The summed E-state index contributed by atoms with van der Waals surface area (Å²) in [7, 11) is 0. The molecule has 1 aromatic carbocycles. The SMILES string of the molecule is C[C@H]1OCC[C@]1(C)NCCc1ccccc1. The average molecular weight is 219 g/mol. The van der Waals surface area contributed by atoms with Gasteiger partial charge in [0, 0.05) is 12.1 Å². The van der Waals surface area contributed by atoms with Crippen molar-refractivity contribution in [2.75, 3.05) is 13.2 Å². The van der Waals surface area contributed by atoms with Crippen LogP contribution in [0.3, 0.4) is 0 Å². The van der Waals surface area contributed by atoms with Crippen molar-refractivity contribution < 1.29 is 4.74 Å². The van der Waals surface area contributed by atoms with Crippen LogP contribution in [0.1, 0.15) is 25.8 Å². The first-order valence-electron chi connectivity index (χ1n) is 6.11. The summed E-state index contributed by atoms with van der Waals surface area (Å²) in [5, 5.41) is 3.63. The van der Waals surface area contributed by atoms with Crippen molar-refractivity contribution in [2.24, 2.45) is 0 Å². The van der Waals surface area contributed by atoms with E-state index in [-0.39, 0.29) is 5.54 Å². The molecule has 16 heavy (non-hydrogen) atoms. The molecule has 0 spiro atoms. The molecule has 1 heterocycles. The van der Waals surface area contributed by atoms with Crippen molar-refractivity contribution in [1.82, 2.24) is 5.32 Å². The summed E-state index contributed by atoms with van der Waals surface area (Å²) in [5.74, 6) is 0. The third kappa shape index (κ3) is 2.63. The lowest BCUT2D eigenvalue weighted by molar-refractivity contribution is 0.0890. The minimum Gasteiger partial charge on any atom is -0.377 e. The molecule has 0 amide bonds. The molecule has 0 bridgehead atoms. The highest BCUT2D eigenvalue weighted by Crippen LogP contribution is 2.24. The third-order valence-electron chi connectivity index (χ3n) is 3.67. The molecule has 1 aromatic rings. The van der Waals surface area contributed by atoms with Crippen LogP contribution < -0.4 is 5.32 Å². The molecule has 0 aliphatic carbocycles. The van der Waals surface area contributed by atoms with Crippen molar-refractivity contribution in [1.29, 1.82) is 0 Å². The molecular formula is C14H21NO. The van der Waals surface area contributed by atoms with Gasteiger partial charge in [-0.05, 0) is 38.8 Å². The number of hydrogen-bond acceptors (Lipinski definition) is 2. The molecule has 2 atom stereocenters. The normalized spacial score (nSPS) is 29.5. The Balaban J connectivity index is 1.80. The van der Waals surface area contributed by atoms with Crippen LogP contribution in [0.25, 0.3) is 0 Å². The van der Waals surface area contributed by atoms with Gasteiger partial charge in [0.25, 0.3) is 0 Å². The second-order valence-electron chi connectivity index (χ2n) is 4.84. The van der Waals surface area contributed by atoms with Crippen LogP contribution in [-0.2, 0) is 11.2 Å². The molecular weight excluding hydrogens is 198 g/mol. The first-order chi connectivity index (χ1) is 7.71. The molecule has 88 valence electrons. The Morgan fingerprint density at radius 1 is 1.38 bits per heavy atom. The van der Waals surface area contributed by atoms with E-state index in [1.54, 1.807) is 0 Å². The van der Waals surface area contributed by atoms with E-state index in [0.717, 1.165) is 26.0 Å². The number of hydrogen-bond donors (Lipinski definition) is 1. The van der Waals surface area contributed by atoms with E-state index in [2.05, 4.69) is 49.5 Å². The number of rotatable bonds is 4. The molecule has 2 nitrogen and oxygen atoms in total. The summed E-state index contributed by atoms with van der Waals surface area (Å²) in [6, 6.07) is 10.6. The van der Waals surface area contributed by atoms with E-state index in [0.29, 0.717) is 6.10 Å². The van der Waals surface area contributed by atoms with Crippen LogP contribution in [0.2, 0.25) is 0 Å². The zero-order valence-corrected chi connectivity index (χ0v) is 10.2. The van der Waals surface area contributed by atoms with E-state index < -0.39 is 0 Å². The third-order valence-corrected chi connectivity index (χ3v) is 3.67. The van der Waals surface area contributed by atoms with Gasteiger partial charge in [0.05, 0.1) is 6.10 Å². The Bertz CT molecular complexity index is 325. The van der Waals surface area contributed by atoms with Gasteiger partial charge in [0.1, 0.15) is 0 Å². The van der Waals surface area contributed by atoms with Crippen molar-refractivity contribution in [2.45, 2.75) is 38.3 Å². The molecule has 0 saturated carbocycles. The van der Waals surface area contributed by atoms with Crippen molar-refractivity contribution in [3.8, 4) is 0 Å². The molecule has 1 fully saturated rings. The molecule has 0 unspecified atom stereocenters. The summed E-state index contributed by atoms with van der Waals surface area (Å²) in [6.45, 7) is 6.32. The first kappa shape index (κ1) is 11.6. The quantitative estimate of drug-likeness (QED) is 0.839. The molecule has 1 aliphatic rings. The smallest absolute Gasteiger partial charge is 0.0726 e. The fraction of sp³-hybridized carbons (Fsp3) is 0.571. The lowest BCUT2D eigenvalue weighted by Crippen LogP contribution is -2.48. The van der Waals surface area contributed by atoms with Gasteiger partial charge in [-0.15, -0.1) is 0 Å². The van der Waals surface area contributed by atoms with Crippen LogP contribution in [0.5, 0.6) is 0 Å². The van der Waals surface area contributed by atoms with Crippen molar-refractivity contribution in [3.63, 3.8) is 0 Å². The molecule has 1 aliphatic heterocycles. The highest BCUT2D eigenvalue weighted by molar-refractivity contribution is 5.15. The lowest BCUT2D eigenvalue weighted by atomic mass is 9.94. The van der Waals surface area contributed by atoms with E-state index in [4.69, 9.17) is 4.74 Å². The van der Waals surface area contributed by atoms with E-state index in [9.17, 15) is 0 Å². The van der Waals surface area contributed by atoms with Gasteiger partial charge in [-0.3, -0.25) is 0 Å². The Labute approximate surface area is 98.0 Å². The molecule has 2 rings (SSSR count). The van der Waals surface area contributed by atoms with Crippen LogP contribution >= 0.6 is 0 Å². The lowest BCUT2D eigenvalue weighted by Gasteiger charge is -2.29. The van der Waals surface area contributed by atoms with Gasteiger partial charge in [0.15, 0.2) is 0 Å². The van der Waals surface area contributed by atoms with Gasteiger partial charge < -0.3 is 10.1 Å². The summed E-state index contributed by atoms with van der Waals surface area (Å²) in [5.41, 5.74) is 1.56. The summed E-state index contributed by atoms with van der Waals surface area (Å²) >= 11 is 0. The molecule has 0 aromatic heterocycles. The van der Waals surface area contributed by atoms with Gasteiger partial charge in [-0.1, -0.05) is 30.3 Å². The minimum absolute atomic E-state index is 0.161. The van der Waals surface area contributed by atoms with E-state index >= 15 is 0 Å². The van der Waals surface area contributed by atoms with Gasteiger partial charge in [-0.2, -0.15) is 0 Å². The van der Waals surface area contributed by atoms with Gasteiger partial charge >= 0.3 is 0 Å². The molecule has 1 N–H and O–H groups in total. The topological polar surface area (TPSA) is 21.3 Å². The van der Waals surface area contributed by atoms with E-state index in [1.807, 2.05) is 0 Å². The maximum absolute atomic E-state index is 5.61. The summed E-state index contributed by atoms with van der Waals surface area (Å²) in [6.07, 6.45) is 2.52. The summed E-state index contributed by atoms with van der Waals surface area (Å²) < 4.78 is 5.61. The zero-order chi connectivity index (χ0) is 11.4. The predicted octanol–water partition coefficient (Wildman–Crippen LogP) is 2.39. The predicted molar refractivity (Wildman–Crippen MR) is 66.6 cm³/mol. The Morgan fingerprint density at radius 2 is 2.12 bits per heavy atom. The first-order valence-corrected chi connectivity index (χ1v) is 6.11. The number of benzene rings is 1. The Hall–Kier alpha value is -0.860. The Morgan fingerprint density at radius 3 is 2.75 bits per heavy atom. The fourth-order valence-corrected chi connectivity index (χ4v) is 2.20.